The molecule has 0 aromatic heterocycles. The van der Waals surface area contributed by atoms with Gasteiger partial charge in [-0.05, 0) is 63.0 Å². The molecule has 1 N–H and O–H groups in total. The lowest BCUT2D eigenvalue weighted by atomic mass is 9.99. The quantitative estimate of drug-likeness (QED) is 0.795. The van der Waals surface area contributed by atoms with Crippen LogP contribution in [0.5, 0.6) is 5.75 Å². The molecule has 1 amide bonds. The van der Waals surface area contributed by atoms with Gasteiger partial charge in [0.1, 0.15) is 5.75 Å². The predicted octanol–water partition coefficient (Wildman–Crippen LogP) is 4.27. The van der Waals surface area contributed by atoms with Crippen LogP contribution in [0.25, 0.3) is 11.1 Å². The van der Waals surface area contributed by atoms with Crippen LogP contribution < -0.4 is 10.1 Å². The number of hydrogen-bond donors (Lipinski definition) is 1. The van der Waals surface area contributed by atoms with Crippen molar-refractivity contribution in [3.63, 3.8) is 0 Å². The minimum atomic E-state index is -0.00887. The summed E-state index contributed by atoms with van der Waals surface area (Å²) in [6, 6.07) is 14.4. The maximum absolute atomic E-state index is 12.7. The maximum atomic E-state index is 12.7. The molecule has 1 atom stereocenters. The SMILES string of the molecule is CCOc1c(C)cccc1-c1cccc(C(=O)NC[C@@H]2CCCN2CC)c1. The van der Waals surface area contributed by atoms with Crippen LogP contribution in [0.3, 0.4) is 0 Å². The Labute approximate surface area is 162 Å². The van der Waals surface area contributed by atoms with Crippen molar-refractivity contribution < 1.29 is 9.53 Å². The summed E-state index contributed by atoms with van der Waals surface area (Å²) in [4.78, 5) is 15.1. The molecule has 2 aromatic rings. The van der Waals surface area contributed by atoms with Gasteiger partial charge in [-0.2, -0.15) is 0 Å². The highest BCUT2D eigenvalue weighted by Crippen LogP contribution is 2.33. The maximum Gasteiger partial charge on any atom is 0.251 e. The molecule has 0 radical (unpaired) electrons. The van der Waals surface area contributed by atoms with E-state index in [9.17, 15) is 4.79 Å². The Hall–Kier alpha value is -2.33. The molecule has 144 valence electrons. The molecule has 4 heteroatoms. The minimum Gasteiger partial charge on any atom is -0.493 e. The molecule has 2 aromatic carbocycles. The molecule has 1 heterocycles. The summed E-state index contributed by atoms with van der Waals surface area (Å²) >= 11 is 0. The van der Waals surface area contributed by atoms with E-state index in [2.05, 4.69) is 17.1 Å². The number of likely N-dealkylation sites (tertiary alicyclic amines) is 1. The number of ether oxygens (including phenoxy) is 1. The van der Waals surface area contributed by atoms with E-state index in [0.29, 0.717) is 24.8 Å². The van der Waals surface area contributed by atoms with Crippen molar-refractivity contribution in [1.82, 2.24) is 10.2 Å². The van der Waals surface area contributed by atoms with Gasteiger partial charge in [-0.1, -0.05) is 37.3 Å². The zero-order chi connectivity index (χ0) is 19.2. The second kappa shape index (κ2) is 9.05. The Balaban J connectivity index is 1.76. The van der Waals surface area contributed by atoms with Crippen LogP contribution in [-0.2, 0) is 0 Å². The smallest absolute Gasteiger partial charge is 0.251 e. The topological polar surface area (TPSA) is 41.6 Å². The third-order valence-electron chi connectivity index (χ3n) is 5.34. The fraction of sp³-hybridized carbons (Fsp3) is 0.435. The molecule has 0 bridgehead atoms. The highest BCUT2D eigenvalue weighted by atomic mass is 16.5. The number of likely N-dealkylation sites (N-methyl/N-ethyl adjacent to an activating group) is 1. The lowest BCUT2D eigenvalue weighted by Gasteiger charge is -2.23. The number of benzene rings is 2. The molecule has 27 heavy (non-hydrogen) atoms. The second-order valence-electron chi connectivity index (χ2n) is 7.10. The number of para-hydroxylation sites is 1. The average Bonchev–Trinajstić information content (AvgIpc) is 3.15. The molecular weight excluding hydrogens is 336 g/mol. The molecule has 4 nitrogen and oxygen atoms in total. The zero-order valence-corrected chi connectivity index (χ0v) is 16.6. The van der Waals surface area contributed by atoms with Crippen LogP contribution in [0.15, 0.2) is 42.5 Å². The summed E-state index contributed by atoms with van der Waals surface area (Å²) in [6.07, 6.45) is 2.38. The van der Waals surface area contributed by atoms with E-state index in [0.717, 1.165) is 42.0 Å². The van der Waals surface area contributed by atoms with Gasteiger partial charge < -0.3 is 10.1 Å². The number of hydrogen-bond acceptors (Lipinski definition) is 3. The molecule has 0 saturated carbocycles. The van der Waals surface area contributed by atoms with E-state index >= 15 is 0 Å². The third kappa shape index (κ3) is 4.51. The molecule has 1 fully saturated rings. The molecule has 1 saturated heterocycles. The Morgan fingerprint density at radius 1 is 1.22 bits per heavy atom. The molecule has 3 rings (SSSR count). The highest BCUT2D eigenvalue weighted by Gasteiger charge is 2.23. The molecular formula is C23H30N2O2. The fourth-order valence-electron chi connectivity index (χ4n) is 3.90. The molecule has 1 aliphatic rings. The number of nitrogens with zero attached hydrogens (tertiary/aromatic N) is 1. The van der Waals surface area contributed by atoms with E-state index in [-0.39, 0.29) is 5.91 Å². The van der Waals surface area contributed by atoms with Crippen LogP contribution in [0.4, 0.5) is 0 Å². The normalized spacial score (nSPS) is 17.1. The summed E-state index contributed by atoms with van der Waals surface area (Å²) < 4.78 is 5.86. The van der Waals surface area contributed by atoms with Gasteiger partial charge in [0.15, 0.2) is 0 Å². The first-order valence-electron chi connectivity index (χ1n) is 9.99. The first-order valence-corrected chi connectivity index (χ1v) is 9.99. The molecule has 0 unspecified atom stereocenters. The van der Waals surface area contributed by atoms with Gasteiger partial charge >= 0.3 is 0 Å². The minimum absolute atomic E-state index is 0.00887. The Kier molecular flexibility index (Phi) is 6.51. The Morgan fingerprint density at radius 3 is 2.81 bits per heavy atom. The first kappa shape index (κ1) is 19.4. The van der Waals surface area contributed by atoms with Crippen molar-refractivity contribution in [2.75, 3.05) is 26.2 Å². The van der Waals surface area contributed by atoms with Gasteiger partial charge in [0.2, 0.25) is 0 Å². The van der Waals surface area contributed by atoms with Crippen molar-refractivity contribution in [2.24, 2.45) is 0 Å². The predicted molar refractivity (Wildman–Crippen MR) is 110 cm³/mol. The average molecular weight is 367 g/mol. The van der Waals surface area contributed by atoms with Crippen molar-refractivity contribution in [3.05, 3.63) is 53.6 Å². The van der Waals surface area contributed by atoms with Crippen LogP contribution in [0.2, 0.25) is 0 Å². The van der Waals surface area contributed by atoms with Gasteiger partial charge in [-0.15, -0.1) is 0 Å². The summed E-state index contributed by atoms with van der Waals surface area (Å²) in [5, 5.41) is 3.12. The summed E-state index contributed by atoms with van der Waals surface area (Å²) in [7, 11) is 0. The summed E-state index contributed by atoms with van der Waals surface area (Å²) in [6.45, 7) is 9.73. The number of amides is 1. The number of carbonyl (C=O) groups excluding carboxylic acids is 1. The largest absolute Gasteiger partial charge is 0.493 e. The number of nitrogens with one attached hydrogen (secondary N) is 1. The first-order chi connectivity index (χ1) is 13.1. The van der Waals surface area contributed by atoms with Gasteiger partial charge in [-0.3, -0.25) is 9.69 Å². The van der Waals surface area contributed by atoms with Crippen LogP contribution in [-0.4, -0.2) is 43.1 Å². The number of aryl methyl sites for hydroxylation is 1. The molecule has 1 aliphatic heterocycles. The van der Waals surface area contributed by atoms with Crippen molar-refractivity contribution in [1.29, 1.82) is 0 Å². The number of carbonyl (C=O) groups is 1. The van der Waals surface area contributed by atoms with Crippen molar-refractivity contribution in [3.8, 4) is 16.9 Å². The Morgan fingerprint density at radius 2 is 2.04 bits per heavy atom. The monoisotopic (exact) mass is 366 g/mol. The van der Waals surface area contributed by atoms with Crippen molar-refractivity contribution in [2.45, 2.75) is 39.7 Å². The fourth-order valence-corrected chi connectivity index (χ4v) is 3.90. The summed E-state index contributed by atoms with van der Waals surface area (Å²) in [5.74, 6) is 0.882. The van der Waals surface area contributed by atoms with E-state index in [4.69, 9.17) is 4.74 Å². The van der Waals surface area contributed by atoms with Crippen molar-refractivity contribution >= 4 is 5.91 Å². The summed E-state index contributed by atoms with van der Waals surface area (Å²) in [5.41, 5.74) is 3.83. The van der Waals surface area contributed by atoms with Crippen LogP contribution in [0, 0.1) is 6.92 Å². The van der Waals surface area contributed by atoms with E-state index < -0.39 is 0 Å². The number of rotatable bonds is 7. The van der Waals surface area contributed by atoms with E-state index in [1.165, 1.54) is 6.42 Å². The van der Waals surface area contributed by atoms with Gasteiger partial charge in [0.05, 0.1) is 6.61 Å². The van der Waals surface area contributed by atoms with Crippen LogP contribution >= 0.6 is 0 Å². The Bertz CT molecular complexity index is 788. The second-order valence-corrected chi connectivity index (χ2v) is 7.10. The standard InChI is InChI=1S/C23H30N2O2/c1-4-25-14-8-12-20(25)16-24-23(26)19-11-7-10-18(15-19)21-13-6-9-17(3)22(21)27-5-2/h6-7,9-11,13,15,20H,4-5,8,12,14,16H2,1-3H3,(H,24,26)/t20-/m0/s1. The van der Waals surface area contributed by atoms with E-state index in [1.807, 2.05) is 56.3 Å². The van der Waals surface area contributed by atoms with E-state index in [1.54, 1.807) is 0 Å². The van der Waals surface area contributed by atoms with Gasteiger partial charge in [0, 0.05) is 23.7 Å². The molecule has 0 spiro atoms. The highest BCUT2D eigenvalue weighted by molar-refractivity contribution is 5.95. The lowest BCUT2D eigenvalue weighted by molar-refractivity contribution is 0.0941. The zero-order valence-electron chi connectivity index (χ0n) is 16.6. The lowest BCUT2D eigenvalue weighted by Crippen LogP contribution is -2.40. The van der Waals surface area contributed by atoms with Gasteiger partial charge in [-0.25, -0.2) is 0 Å². The molecule has 0 aliphatic carbocycles. The third-order valence-corrected chi connectivity index (χ3v) is 5.34. The van der Waals surface area contributed by atoms with Crippen LogP contribution in [0.1, 0.15) is 42.6 Å². The van der Waals surface area contributed by atoms with Gasteiger partial charge in [0.25, 0.3) is 5.91 Å².